The first-order chi connectivity index (χ1) is 8.31. The lowest BCUT2D eigenvalue weighted by Crippen LogP contribution is -2.22. The SMILES string of the molecule is CCCNC(c1ccsc1)c1ccnc(C)c1. The predicted molar refractivity (Wildman–Crippen MR) is 73.4 cm³/mol. The van der Waals surface area contributed by atoms with Crippen molar-refractivity contribution in [1.29, 1.82) is 0 Å². The van der Waals surface area contributed by atoms with Gasteiger partial charge in [-0.05, 0) is 60.0 Å². The van der Waals surface area contributed by atoms with Gasteiger partial charge in [-0.15, -0.1) is 0 Å². The van der Waals surface area contributed by atoms with Crippen molar-refractivity contribution >= 4 is 11.3 Å². The van der Waals surface area contributed by atoms with Crippen LogP contribution in [0.25, 0.3) is 0 Å². The van der Waals surface area contributed by atoms with E-state index >= 15 is 0 Å². The van der Waals surface area contributed by atoms with Crippen LogP contribution in [0.15, 0.2) is 35.2 Å². The Kier molecular flexibility index (Phi) is 4.29. The summed E-state index contributed by atoms with van der Waals surface area (Å²) in [6, 6.07) is 6.74. The summed E-state index contributed by atoms with van der Waals surface area (Å²) in [5.74, 6) is 0. The average Bonchev–Trinajstić information content (AvgIpc) is 2.83. The summed E-state index contributed by atoms with van der Waals surface area (Å²) in [6.07, 6.45) is 3.03. The Balaban J connectivity index is 2.27. The van der Waals surface area contributed by atoms with Gasteiger partial charge in [0, 0.05) is 11.9 Å². The fraction of sp³-hybridized carbons (Fsp3) is 0.357. The van der Waals surface area contributed by atoms with Gasteiger partial charge in [-0.3, -0.25) is 4.98 Å². The average molecular weight is 246 g/mol. The number of hydrogen-bond donors (Lipinski definition) is 1. The van der Waals surface area contributed by atoms with Crippen molar-refractivity contribution in [3.63, 3.8) is 0 Å². The zero-order chi connectivity index (χ0) is 12.1. The molecule has 2 aromatic rings. The molecule has 2 rings (SSSR count). The molecule has 1 atom stereocenters. The minimum absolute atomic E-state index is 0.294. The number of hydrogen-bond acceptors (Lipinski definition) is 3. The minimum Gasteiger partial charge on any atom is -0.306 e. The smallest absolute Gasteiger partial charge is 0.0586 e. The predicted octanol–water partition coefficient (Wildman–Crippen LogP) is 3.54. The number of pyridine rings is 1. The lowest BCUT2D eigenvalue weighted by Gasteiger charge is -2.18. The van der Waals surface area contributed by atoms with Gasteiger partial charge < -0.3 is 5.32 Å². The normalized spacial score (nSPS) is 12.6. The van der Waals surface area contributed by atoms with Gasteiger partial charge in [0.15, 0.2) is 0 Å². The van der Waals surface area contributed by atoms with Crippen LogP contribution < -0.4 is 5.32 Å². The van der Waals surface area contributed by atoms with Gasteiger partial charge >= 0.3 is 0 Å². The molecule has 0 amide bonds. The first-order valence-electron chi connectivity index (χ1n) is 5.99. The molecule has 0 aliphatic carbocycles. The third-order valence-corrected chi connectivity index (χ3v) is 3.43. The standard InChI is InChI=1S/C14H18N2S/c1-3-6-16-14(13-5-8-17-10-13)12-4-7-15-11(2)9-12/h4-5,7-10,14,16H,3,6H2,1-2H3. The number of aromatic nitrogens is 1. The van der Waals surface area contributed by atoms with Crippen LogP contribution >= 0.6 is 11.3 Å². The van der Waals surface area contributed by atoms with Crippen LogP contribution in [0.1, 0.15) is 36.2 Å². The maximum Gasteiger partial charge on any atom is 0.0586 e. The molecule has 0 aliphatic heterocycles. The molecule has 90 valence electrons. The number of thiophene rings is 1. The molecule has 0 bridgehead atoms. The first kappa shape index (κ1) is 12.3. The minimum atomic E-state index is 0.294. The Labute approximate surface area is 107 Å². The van der Waals surface area contributed by atoms with Gasteiger partial charge in [0.1, 0.15) is 0 Å². The third kappa shape index (κ3) is 3.14. The van der Waals surface area contributed by atoms with E-state index in [9.17, 15) is 0 Å². The van der Waals surface area contributed by atoms with Crippen LogP contribution in [-0.4, -0.2) is 11.5 Å². The molecule has 0 radical (unpaired) electrons. The van der Waals surface area contributed by atoms with E-state index < -0.39 is 0 Å². The molecule has 0 aliphatic rings. The molecule has 0 aromatic carbocycles. The Bertz CT molecular complexity index is 451. The van der Waals surface area contributed by atoms with Crippen LogP contribution in [0.5, 0.6) is 0 Å². The highest BCUT2D eigenvalue weighted by Crippen LogP contribution is 2.24. The van der Waals surface area contributed by atoms with E-state index in [1.807, 2.05) is 13.1 Å². The number of nitrogens with zero attached hydrogens (tertiary/aromatic N) is 1. The molecule has 17 heavy (non-hydrogen) atoms. The highest BCUT2D eigenvalue weighted by Gasteiger charge is 2.13. The van der Waals surface area contributed by atoms with E-state index in [1.165, 1.54) is 11.1 Å². The Morgan fingerprint density at radius 3 is 2.88 bits per heavy atom. The number of aryl methyl sites for hydroxylation is 1. The number of nitrogens with one attached hydrogen (secondary N) is 1. The van der Waals surface area contributed by atoms with E-state index in [-0.39, 0.29) is 0 Å². The van der Waals surface area contributed by atoms with Gasteiger partial charge in [0.2, 0.25) is 0 Å². The number of rotatable bonds is 5. The van der Waals surface area contributed by atoms with Gasteiger partial charge in [-0.25, -0.2) is 0 Å². The van der Waals surface area contributed by atoms with E-state index in [0.29, 0.717) is 6.04 Å². The molecule has 2 heterocycles. The van der Waals surface area contributed by atoms with Crippen molar-refractivity contribution in [2.24, 2.45) is 0 Å². The van der Waals surface area contributed by atoms with Crippen LogP contribution in [0.4, 0.5) is 0 Å². The molecule has 0 spiro atoms. The van der Waals surface area contributed by atoms with Crippen molar-refractivity contribution in [2.45, 2.75) is 26.3 Å². The third-order valence-electron chi connectivity index (χ3n) is 2.73. The maximum atomic E-state index is 4.26. The largest absolute Gasteiger partial charge is 0.306 e. The Hall–Kier alpha value is -1.19. The van der Waals surface area contributed by atoms with Gasteiger partial charge in [0.25, 0.3) is 0 Å². The maximum absolute atomic E-state index is 4.26. The molecule has 2 aromatic heterocycles. The van der Waals surface area contributed by atoms with Crippen molar-refractivity contribution in [3.8, 4) is 0 Å². The lowest BCUT2D eigenvalue weighted by molar-refractivity contribution is 0.599. The van der Waals surface area contributed by atoms with Crippen molar-refractivity contribution < 1.29 is 0 Å². The molecule has 0 fully saturated rings. The molecule has 3 heteroatoms. The molecular weight excluding hydrogens is 228 g/mol. The summed E-state index contributed by atoms with van der Waals surface area (Å²) in [5.41, 5.74) is 3.71. The Morgan fingerprint density at radius 1 is 1.35 bits per heavy atom. The van der Waals surface area contributed by atoms with E-state index in [0.717, 1.165) is 18.7 Å². The fourth-order valence-corrected chi connectivity index (χ4v) is 2.59. The van der Waals surface area contributed by atoms with Crippen LogP contribution in [-0.2, 0) is 0 Å². The van der Waals surface area contributed by atoms with Crippen molar-refractivity contribution in [2.75, 3.05) is 6.54 Å². The topological polar surface area (TPSA) is 24.9 Å². The van der Waals surface area contributed by atoms with E-state index in [1.54, 1.807) is 11.3 Å². The molecule has 0 saturated heterocycles. The second kappa shape index (κ2) is 5.94. The summed E-state index contributed by atoms with van der Waals surface area (Å²) in [5, 5.41) is 7.93. The second-order valence-corrected chi connectivity index (χ2v) is 4.95. The Morgan fingerprint density at radius 2 is 2.24 bits per heavy atom. The highest BCUT2D eigenvalue weighted by atomic mass is 32.1. The van der Waals surface area contributed by atoms with Gasteiger partial charge in [0.05, 0.1) is 6.04 Å². The first-order valence-corrected chi connectivity index (χ1v) is 6.93. The fourth-order valence-electron chi connectivity index (χ4n) is 1.90. The lowest BCUT2D eigenvalue weighted by atomic mass is 10.0. The summed E-state index contributed by atoms with van der Waals surface area (Å²) in [4.78, 5) is 4.26. The zero-order valence-electron chi connectivity index (χ0n) is 10.3. The summed E-state index contributed by atoms with van der Waals surface area (Å²) < 4.78 is 0. The molecule has 0 saturated carbocycles. The molecule has 2 nitrogen and oxygen atoms in total. The summed E-state index contributed by atoms with van der Waals surface area (Å²) in [7, 11) is 0. The highest BCUT2D eigenvalue weighted by molar-refractivity contribution is 7.08. The van der Waals surface area contributed by atoms with E-state index in [4.69, 9.17) is 0 Å². The quantitative estimate of drug-likeness (QED) is 0.873. The zero-order valence-corrected chi connectivity index (χ0v) is 11.1. The van der Waals surface area contributed by atoms with Crippen molar-refractivity contribution in [3.05, 3.63) is 52.0 Å². The van der Waals surface area contributed by atoms with Gasteiger partial charge in [-0.2, -0.15) is 11.3 Å². The second-order valence-electron chi connectivity index (χ2n) is 4.17. The van der Waals surface area contributed by atoms with Gasteiger partial charge in [-0.1, -0.05) is 6.92 Å². The molecular formula is C14H18N2S. The molecule has 1 N–H and O–H groups in total. The van der Waals surface area contributed by atoms with E-state index in [2.05, 4.69) is 46.2 Å². The van der Waals surface area contributed by atoms with Crippen LogP contribution in [0.2, 0.25) is 0 Å². The van der Waals surface area contributed by atoms with Crippen LogP contribution in [0, 0.1) is 6.92 Å². The van der Waals surface area contributed by atoms with Crippen LogP contribution in [0.3, 0.4) is 0 Å². The summed E-state index contributed by atoms with van der Waals surface area (Å²) in [6.45, 7) is 5.26. The van der Waals surface area contributed by atoms with Crippen molar-refractivity contribution in [1.82, 2.24) is 10.3 Å². The molecule has 1 unspecified atom stereocenters. The monoisotopic (exact) mass is 246 g/mol. The summed E-state index contributed by atoms with van der Waals surface area (Å²) >= 11 is 1.74.